The zero-order valence-corrected chi connectivity index (χ0v) is 16.3. The number of ether oxygens (including phenoxy) is 1. The predicted octanol–water partition coefficient (Wildman–Crippen LogP) is 2.89. The smallest absolute Gasteiger partial charge is 0.407 e. The molecule has 8 heteroatoms. The zero-order chi connectivity index (χ0) is 19.4. The maximum atomic E-state index is 13.0. The van der Waals surface area contributed by atoms with Crippen LogP contribution in [0.4, 0.5) is 9.18 Å². The van der Waals surface area contributed by atoms with E-state index in [1.54, 1.807) is 20.8 Å². The van der Waals surface area contributed by atoms with Gasteiger partial charge in [-0.15, -0.1) is 0 Å². The highest BCUT2D eigenvalue weighted by Gasteiger charge is 2.29. The number of piperidine rings is 1. The van der Waals surface area contributed by atoms with Crippen molar-refractivity contribution in [3.63, 3.8) is 0 Å². The number of hydrogen-bond acceptors (Lipinski definition) is 4. The van der Waals surface area contributed by atoms with Crippen molar-refractivity contribution in [2.24, 2.45) is 5.92 Å². The molecule has 0 aromatic heterocycles. The number of carbonyl (C=O) groups is 1. The van der Waals surface area contributed by atoms with Crippen LogP contribution < -0.4 is 5.32 Å². The van der Waals surface area contributed by atoms with Gasteiger partial charge >= 0.3 is 6.09 Å². The van der Waals surface area contributed by atoms with Gasteiger partial charge < -0.3 is 10.1 Å². The van der Waals surface area contributed by atoms with Gasteiger partial charge in [-0.3, -0.25) is 0 Å². The van der Waals surface area contributed by atoms with Gasteiger partial charge in [0.05, 0.1) is 5.75 Å². The molecule has 1 N–H and O–H groups in total. The van der Waals surface area contributed by atoms with Crippen LogP contribution in [0, 0.1) is 11.7 Å². The quantitative estimate of drug-likeness (QED) is 0.844. The first-order chi connectivity index (χ1) is 12.0. The van der Waals surface area contributed by atoms with Gasteiger partial charge in [0.15, 0.2) is 0 Å². The molecule has 1 saturated heterocycles. The molecule has 0 saturated carbocycles. The summed E-state index contributed by atoms with van der Waals surface area (Å²) in [5, 5.41) is 2.71. The van der Waals surface area contributed by atoms with E-state index in [0.717, 1.165) is 12.8 Å². The summed E-state index contributed by atoms with van der Waals surface area (Å²) in [7, 11) is -3.48. The summed E-state index contributed by atoms with van der Waals surface area (Å²) in [4.78, 5) is 11.8. The Morgan fingerprint density at radius 2 is 1.96 bits per heavy atom. The van der Waals surface area contributed by atoms with Crippen LogP contribution in [0.1, 0.15) is 39.2 Å². The van der Waals surface area contributed by atoms with Crippen molar-refractivity contribution in [1.82, 2.24) is 9.62 Å². The van der Waals surface area contributed by atoms with Crippen molar-refractivity contribution in [2.45, 2.75) is 45.0 Å². The van der Waals surface area contributed by atoms with Crippen molar-refractivity contribution in [3.8, 4) is 0 Å². The highest BCUT2D eigenvalue weighted by Crippen LogP contribution is 2.21. The van der Waals surface area contributed by atoms with Gasteiger partial charge in [-0.05, 0) is 57.2 Å². The Hall–Kier alpha value is -1.67. The monoisotopic (exact) mass is 386 g/mol. The van der Waals surface area contributed by atoms with Gasteiger partial charge in [-0.1, -0.05) is 12.1 Å². The minimum atomic E-state index is -3.48. The first kappa shape index (κ1) is 20.6. The number of nitrogens with zero attached hydrogens (tertiary/aromatic N) is 1. The molecule has 0 spiro atoms. The average Bonchev–Trinajstić information content (AvgIpc) is 2.54. The van der Waals surface area contributed by atoms with Crippen LogP contribution >= 0.6 is 0 Å². The maximum Gasteiger partial charge on any atom is 0.407 e. The van der Waals surface area contributed by atoms with Crippen LogP contribution in [0.5, 0.6) is 0 Å². The summed E-state index contributed by atoms with van der Waals surface area (Å²) < 4.78 is 44.9. The van der Waals surface area contributed by atoms with E-state index in [9.17, 15) is 17.6 Å². The molecule has 1 aliphatic rings. The third-order valence-corrected chi connectivity index (χ3v) is 5.89. The molecule has 1 heterocycles. The highest BCUT2D eigenvalue weighted by atomic mass is 32.2. The lowest BCUT2D eigenvalue weighted by Gasteiger charge is -2.32. The molecule has 1 amide bonds. The summed E-state index contributed by atoms with van der Waals surface area (Å²) >= 11 is 0. The minimum Gasteiger partial charge on any atom is -0.444 e. The van der Waals surface area contributed by atoms with Crippen molar-refractivity contribution in [1.29, 1.82) is 0 Å². The molecule has 0 bridgehead atoms. The lowest BCUT2D eigenvalue weighted by atomic mass is 10.00. The van der Waals surface area contributed by atoms with Gasteiger partial charge in [0, 0.05) is 19.6 Å². The number of amides is 1. The van der Waals surface area contributed by atoms with Gasteiger partial charge in [-0.25, -0.2) is 21.9 Å². The molecule has 1 aliphatic heterocycles. The van der Waals surface area contributed by atoms with E-state index in [0.29, 0.717) is 25.2 Å². The van der Waals surface area contributed by atoms with E-state index in [4.69, 9.17) is 4.74 Å². The lowest BCUT2D eigenvalue weighted by Crippen LogP contribution is -2.44. The summed E-state index contributed by atoms with van der Waals surface area (Å²) in [5.74, 6) is -0.504. The fourth-order valence-corrected chi connectivity index (χ4v) is 4.51. The summed E-state index contributed by atoms with van der Waals surface area (Å²) in [6.45, 7) is 6.56. The molecule has 1 fully saturated rings. The van der Waals surface area contributed by atoms with E-state index >= 15 is 0 Å². The number of rotatable bonds is 5. The number of nitrogens with one attached hydrogen (secondary N) is 1. The van der Waals surface area contributed by atoms with E-state index < -0.39 is 27.5 Å². The summed E-state index contributed by atoms with van der Waals surface area (Å²) in [5.41, 5.74) is -0.0123. The third-order valence-electron chi connectivity index (χ3n) is 4.07. The van der Waals surface area contributed by atoms with Gasteiger partial charge in [0.25, 0.3) is 0 Å². The SMILES string of the molecule is CC(C)(C)OC(=O)NC[C@H]1CCCN(S(=O)(=O)Cc2ccc(F)cc2)C1. The number of benzene rings is 1. The Balaban J connectivity index is 1.90. The van der Waals surface area contributed by atoms with Gasteiger partial charge in [-0.2, -0.15) is 0 Å². The zero-order valence-electron chi connectivity index (χ0n) is 15.5. The maximum absolute atomic E-state index is 13.0. The number of hydrogen-bond donors (Lipinski definition) is 1. The first-order valence-electron chi connectivity index (χ1n) is 8.74. The summed E-state index contributed by atoms with van der Waals surface area (Å²) in [6, 6.07) is 5.49. The minimum absolute atomic E-state index is 0.0410. The molecule has 146 valence electrons. The van der Waals surface area contributed by atoms with Crippen molar-refractivity contribution >= 4 is 16.1 Å². The largest absolute Gasteiger partial charge is 0.444 e. The number of sulfonamides is 1. The van der Waals surface area contributed by atoms with Gasteiger partial charge in [0.2, 0.25) is 10.0 Å². The van der Waals surface area contributed by atoms with Crippen molar-refractivity contribution in [2.75, 3.05) is 19.6 Å². The van der Waals surface area contributed by atoms with Crippen LogP contribution in [0.2, 0.25) is 0 Å². The fourth-order valence-electron chi connectivity index (χ4n) is 2.87. The molecular weight excluding hydrogens is 359 g/mol. The Morgan fingerprint density at radius 3 is 2.58 bits per heavy atom. The number of carbonyl (C=O) groups excluding carboxylic acids is 1. The van der Waals surface area contributed by atoms with E-state index in [-0.39, 0.29) is 11.7 Å². The second-order valence-corrected chi connectivity index (χ2v) is 9.60. The molecule has 1 atom stereocenters. The van der Waals surface area contributed by atoms with E-state index in [1.165, 1.54) is 28.6 Å². The Bertz CT molecular complexity index is 714. The highest BCUT2D eigenvalue weighted by molar-refractivity contribution is 7.88. The molecule has 0 aliphatic carbocycles. The number of halogens is 1. The molecule has 6 nitrogen and oxygen atoms in total. The fraction of sp³-hybridized carbons (Fsp3) is 0.611. The van der Waals surface area contributed by atoms with E-state index in [2.05, 4.69) is 5.32 Å². The molecule has 26 heavy (non-hydrogen) atoms. The predicted molar refractivity (Wildman–Crippen MR) is 97.6 cm³/mol. The standard InChI is InChI=1S/C18H27FN2O4S/c1-18(2,3)25-17(22)20-11-15-5-4-10-21(12-15)26(23,24)13-14-6-8-16(19)9-7-14/h6-9,15H,4-5,10-13H2,1-3H3,(H,20,22)/t15-/m1/s1. The second-order valence-electron chi connectivity index (χ2n) is 7.63. The number of alkyl carbamates (subject to hydrolysis) is 1. The normalized spacial score (nSPS) is 19.2. The van der Waals surface area contributed by atoms with Crippen LogP contribution in [0.25, 0.3) is 0 Å². The molecule has 0 unspecified atom stereocenters. The molecule has 0 radical (unpaired) electrons. The van der Waals surface area contributed by atoms with Crippen LogP contribution in [-0.2, 0) is 20.5 Å². The Labute approximate surface area is 154 Å². The van der Waals surface area contributed by atoms with Crippen LogP contribution in [0.15, 0.2) is 24.3 Å². The van der Waals surface area contributed by atoms with E-state index in [1.807, 2.05) is 0 Å². The van der Waals surface area contributed by atoms with Gasteiger partial charge in [0.1, 0.15) is 11.4 Å². The molecule has 1 aromatic carbocycles. The average molecular weight is 386 g/mol. The third kappa shape index (κ3) is 6.57. The van der Waals surface area contributed by atoms with Crippen molar-refractivity contribution in [3.05, 3.63) is 35.6 Å². The summed E-state index contributed by atoms with van der Waals surface area (Å²) in [6.07, 6.45) is 1.09. The Morgan fingerprint density at radius 1 is 1.31 bits per heavy atom. The molecule has 2 rings (SSSR count). The van der Waals surface area contributed by atoms with Crippen molar-refractivity contribution < 1.29 is 22.3 Å². The molecule has 1 aromatic rings. The first-order valence-corrected chi connectivity index (χ1v) is 10.4. The Kier molecular flexibility index (Phi) is 6.63. The second kappa shape index (κ2) is 8.35. The molecular formula is C18H27FN2O4S. The van der Waals surface area contributed by atoms with Crippen LogP contribution in [-0.4, -0.2) is 44.1 Å². The lowest BCUT2D eigenvalue weighted by molar-refractivity contribution is 0.0513. The van der Waals surface area contributed by atoms with Crippen LogP contribution in [0.3, 0.4) is 0 Å². The topological polar surface area (TPSA) is 75.7 Å².